The van der Waals surface area contributed by atoms with Crippen LogP contribution in [0.25, 0.3) is 17.0 Å². The minimum Gasteiger partial charge on any atom is -0.294 e. The lowest BCUT2D eigenvalue weighted by Gasteiger charge is -2.13. The first kappa shape index (κ1) is 21.5. The van der Waals surface area contributed by atoms with Crippen molar-refractivity contribution in [1.82, 2.24) is 9.55 Å². The summed E-state index contributed by atoms with van der Waals surface area (Å²) in [6.07, 6.45) is 3.38. The van der Waals surface area contributed by atoms with Crippen molar-refractivity contribution in [2.24, 2.45) is 0 Å². The fraction of sp³-hybridized carbons (Fsp3) is 0.0800. The van der Waals surface area contributed by atoms with E-state index in [9.17, 15) is 9.59 Å². The second-order valence-electron chi connectivity index (χ2n) is 6.93. The maximum Gasteiger partial charge on any atom is 0.262 e. The largest absolute Gasteiger partial charge is 0.294 e. The number of allylic oxidation sites excluding steroid dienone is 1. The van der Waals surface area contributed by atoms with E-state index >= 15 is 0 Å². The van der Waals surface area contributed by atoms with Gasteiger partial charge in [-0.15, -0.1) is 0 Å². The average Bonchev–Trinajstić information content (AvgIpc) is 2.80. The van der Waals surface area contributed by atoms with E-state index in [1.807, 2.05) is 78.9 Å². The smallest absolute Gasteiger partial charge is 0.262 e. The zero-order valence-electron chi connectivity index (χ0n) is 16.6. The molecule has 0 amide bonds. The normalized spacial score (nSPS) is 11.3. The fourth-order valence-electron chi connectivity index (χ4n) is 3.13. The van der Waals surface area contributed by atoms with E-state index in [2.05, 4.69) is 22.6 Å². The summed E-state index contributed by atoms with van der Waals surface area (Å²) in [5.41, 5.74) is 2.53. The number of nitrogens with zero attached hydrogens (tertiary/aromatic N) is 2. The molecule has 0 saturated carbocycles. The zero-order valence-corrected chi connectivity index (χ0v) is 19.5. The Hall–Kier alpha value is -2.71. The predicted octanol–water partition coefficient (Wildman–Crippen LogP) is 5.42. The van der Waals surface area contributed by atoms with Crippen LogP contribution in [0.1, 0.15) is 11.1 Å². The monoisotopic (exact) mass is 538 g/mol. The molecule has 4 nitrogen and oxygen atoms in total. The van der Waals surface area contributed by atoms with E-state index in [0.29, 0.717) is 22.6 Å². The third-order valence-corrected chi connectivity index (χ3v) is 6.34. The molecule has 6 heteroatoms. The molecule has 31 heavy (non-hydrogen) atoms. The molecule has 4 aromatic rings. The predicted molar refractivity (Wildman–Crippen MR) is 135 cm³/mol. The highest BCUT2D eigenvalue weighted by molar-refractivity contribution is 14.1. The van der Waals surface area contributed by atoms with Crippen molar-refractivity contribution in [2.75, 3.05) is 5.75 Å². The number of aromatic nitrogens is 2. The van der Waals surface area contributed by atoms with Gasteiger partial charge < -0.3 is 0 Å². The van der Waals surface area contributed by atoms with Crippen molar-refractivity contribution in [3.05, 3.63) is 110 Å². The number of benzene rings is 3. The van der Waals surface area contributed by atoms with Crippen LogP contribution in [0, 0.1) is 3.57 Å². The Kier molecular flexibility index (Phi) is 6.99. The van der Waals surface area contributed by atoms with Gasteiger partial charge in [0, 0.05) is 3.57 Å². The average molecular weight is 538 g/mol. The van der Waals surface area contributed by atoms with E-state index in [1.54, 1.807) is 16.7 Å². The minimum absolute atomic E-state index is 0.0305. The lowest BCUT2D eigenvalue weighted by molar-refractivity contribution is -0.112. The Morgan fingerprint density at radius 3 is 2.45 bits per heavy atom. The lowest BCUT2D eigenvalue weighted by Crippen LogP contribution is -2.24. The van der Waals surface area contributed by atoms with Crippen LogP contribution >= 0.6 is 34.4 Å². The van der Waals surface area contributed by atoms with Gasteiger partial charge in [-0.1, -0.05) is 78.5 Å². The van der Waals surface area contributed by atoms with Crippen LogP contribution in [0.5, 0.6) is 0 Å². The van der Waals surface area contributed by atoms with Crippen LogP contribution < -0.4 is 5.56 Å². The van der Waals surface area contributed by atoms with E-state index in [-0.39, 0.29) is 17.1 Å². The van der Waals surface area contributed by atoms with Crippen LogP contribution in [0.3, 0.4) is 0 Å². The molecule has 0 saturated heterocycles. The fourth-order valence-corrected chi connectivity index (χ4v) is 4.45. The first-order chi connectivity index (χ1) is 15.1. The number of fused-ring (bicyclic) bond motifs is 1. The number of thioether (sulfide) groups is 1. The van der Waals surface area contributed by atoms with Gasteiger partial charge in [-0.05, 0) is 58.0 Å². The van der Waals surface area contributed by atoms with Crippen LogP contribution in [-0.2, 0) is 11.3 Å². The van der Waals surface area contributed by atoms with Crippen LogP contribution in [0.4, 0.5) is 0 Å². The van der Waals surface area contributed by atoms with Crippen molar-refractivity contribution in [3.8, 4) is 0 Å². The van der Waals surface area contributed by atoms with Crippen LogP contribution in [-0.4, -0.2) is 21.1 Å². The highest BCUT2D eigenvalue weighted by Gasteiger charge is 2.13. The highest BCUT2D eigenvalue weighted by Crippen LogP contribution is 2.21. The number of ketones is 1. The summed E-state index contributed by atoms with van der Waals surface area (Å²) in [7, 11) is 0. The molecule has 0 spiro atoms. The molecular formula is C25H19IN2O2S. The summed E-state index contributed by atoms with van der Waals surface area (Å²) >= 11 is 3.49. The second kappa shape index (κ2) is 10.1. The number of carbonyl (C=O) groups excluding carboxylic acids is 1. The number of hydrogen-bond acceptors (Lipinski definition) is 4. The molecule has 1 aromatic heterocycles. The van der Waals surface area contributed by atoms with Crippen LogP contribution in [0.2, 0.25) is 0 Å². The molecule has 0 aliphatic rings. The van der Waals surface area contributed by atoms with Crippen molar-refractivity contribution in [1.29, 1.82) is 0 Å². The molecule has 3 aromatic carbocycles. The summed E-state index contributed by atoms with van der Waals surface area (Å²) in [6, 6.07) is 25.1. The van der Waals surface area contributed by atoms with Crippen molar-refractivity contribution in [3.63, 3.8) is 0 Å². The quantitative estimate of drug-likeness (QED) is 0.136. The topological polar surface area (TPSA) is 52.0 Å². The van der Waals surface area contributed by atoms with Gasteiger partial charge in [-0.3, -0.25) is 14.2 Å². The first-order valence-electron chi connectivity index (χ1n) is 9.73. The van der Waals surface area contributed by atoms with Crippen molar-refractivity contribution < 1.29 is 4.79 Å². The molecular weight excluding hydrogens is 519 g/mol. The third kappa shape index (κ3) is 5.51. The van der Waals surface area contributed by atoms with Gasteiger partial charge in [-0.25, -0.2) is 4.98 Å². The van der Waals surface area contributed by atoms with Crippen molar-refractivity contribution >= 4 is 57.1 Å². The molecule has 4 rings (SSSR count). The number of carbonyl (C=O) groups is 1. The standard InChI is InChI=1S/C25H19IN2O2S/c26-20-12-14-23-22(15-20)24(30)28(16-19-9-5-2-6-10-19)25(27-23)31-17-21(29)13-11-18-7-3-1-4-8-18/h1-15H,16-17H2/b13-11+. The van der Waals surface area contributed by atoms with Gasteiger partial charge in [0.25, 0.3) is 5.56 Å². The molecule has 0 atom stereocenters. The Labute approximate surface area is 198 Å². The van der Waals surface area contributed by atoms with Gasteiger partial charge in [0.1, 0.15) is 0 Å². The molecule has 1 heterocycles. The zero-order chi connectivity index (χ0) is 21.6. The van der Waals surface area contributed by atoms with Crippen LogP contribution in [0.15, 0.2) is 94.9 Å². The summed E-state index contributed by atoms with van der Waals surface area (Å²) < 4.78 is 2.64. The van der Waals surface area contributed by atoms with Gasteiger partial charge >= 0.3 is 0 Å². The summed E-state index contributed by atoms with van der Waals surface area (Å²) in [5.74, 6) is 0.178. The van der Waals surface area contributed by atoms with E-state index in [4.69, 9.17) is 4.98 Å². The maximum atomic E-state index is 13.3. The van der Waals surface area contributed by atoms with Gasteiger partial charge in [-0.2, -0.15) is 0 Å². The molecule has 0 fully saturated rings. The third-order valence-electron chi connectivity index (χ3n) is 4.67. The molecule has 0 aliphatic heterocycles. The second-order valence-corrected chi connectivity index (χ2v) is 9.12. The summed E-state index contributed by atoms with van der Waals surface area (Å²) in [4.78, 5) is 30.4. The Balaban J connectivity index is 1.63. The van der Waals surface area contributed by atoms with Crippen molar-refractivity contribution in [2.45, 2.75) is 11.7 Å². The Bertz CT molecular complexity index is 1300. The van der Waals surface area contributed by atoms with E-state index in [1.165, 1.54) is 11.8 Å². The van der Waals surface area contributed by atoms with Gasteiger partial charge in [0.05, 0.1) is 23.2 Å². The molecule has 0 N–H and O–H groups in total. The van der Waals surface area contributed by atoms with E-state index in [0.717, 1.165) is 14.7 Å². The molecule has 0 aliphatic carbocycles. The molecule has 0 bridgehead atoms. The highest BCUT2D eigenvalue weighted by atomic mass is 127. The number of hydrogen-bond donors (Lipinski definition) is 0. The summed E-state index contributed by atoms with van der Waals surface area (Å²) in [5, 5.41) is 1.13. The Morgan fingerprint density at radius 2 is 1.71 bits per heavy atom. The summed E-state index contributed by atoms with van der Waals surface area (Å²) in [6.45, 7) is 0.407. The maximum absolute atomic E-state index is 13.3. The van der Waals surface area contributed by atoms with E-state index < -0.39 is 0 Å². The molecule has 0 unspecified atom stereocenters. The lowest BCUT2D eigenvalue weighted by atomic mass is 10.2. The molecule has 154 valence electrons. The SMILES string of the molecule is O=C(/C=C/c1ccccc1)CSc1nc2ccc(I)cc2c(=O)n1Cc1ccccc1. The first-order valence-corrected chi connectivity index (χ1v) is 11.8. The Morgan fingerprint density at radius 1 is 1.00 bits per heavy atom. The number of rotatable bonds is 7. The number of halogens is 1. The minimum atomic E-state index is -0.0952. The van der Waals surface area contributed by atoms with Gasteiger partial charge in [0.2, 0.25) is 0 Å². The molecule has 0 radical (unpaired) electrons. The van der Waals surface area contributed by atoms with Gasteiger partial charge in [0.15, 0.2) is 10.9 Å².